The first kappa shape index (κ1) is 18.7. The molecule has 3 aromatic rings. The second-order valence-corrected chi connectivity index (χ2v) is 6.65. The van der Waals surface area contributed by atoms with Crippen LogP contribution in [-0.4, -0.2) is 29.2 Å². The third kappa shape index (κ3) is 4.95. The van der Waals surface area contributed by atoms with Gasteiger partial charge in [0.2, 0.25) is 5.91 Å². The minimum absolute atomic E-state index is 0.0712. The topological polar surface area (TPSA) is 98.7 Å². The molecule has 0 bridgehead atoms. The van der Waals surface area contributed by atoms with Crippen molar-refractivity contribution in [3.05, 3.63) is 64.8 Å². The summed E-state index contributed by atoms with van der Waals surface area (Å²) >= 11 is 3.33. The molecule has 7 nitrogen and oxygen atoms in total. The van der Waals surface area contributed by atoms with Crippen molar-refractivity contribution in [2.24, 2.45) is 10.8 Å². The molecule has 27 heavy (non-hydrogen) atoms. The molecule has 0 unspecified atom stereocenters. The number of carbonyl (C=O) groups is 2. The Bertz CT molecular complexity index is 996. The summed E-state index contributed by atoms with van der Waals surface area (Å²) in [7, 11) is 0. The van der Waals surface area contributed by atoms with Gasteiger partial charge in [0.05, 0.1) is 6.21 Å². The number of fused-ring (bicyclic) bond motifs is 1. The van der Waals surface area contributed by atoms with Crippen molar-refractivity contribution < 1.29 is 14.3 Å². The van der Waals surface area contributed by atoms with Crippen LogP contribution in [-0.2, 0) is 16.1 Å². The van der Waals surface area contributed by atoms with Crippen molar-refractivity contribution >= 4 is 44.9 Å². The molecule has 1 heterocycles. The lowest BCUT2D eigenvalue weighted by molar-refractivity contribution is -0.123. The quantitative estimate of drug-likeness (QED) is 0.446. The summed E-state index contributed by atoms with van der Waals surface area (Å²) in [5, 5.41) is 4.87. The zero-order valence-corrected chi connectivity index (χ0v) is 15.8. The number of rotatable bonds is 7. The Balaban J connectivity index is 1.63. The first-order valence-corrected chi connectivity index (χ1v) is 8.88. The Morgan fingerprint density at radius 2 is 1.93 bits per heavy atom. The van der Waals surface area contributed by atoms with Crippen molar-refractivity contribution in [1.29, 1.82) is 0 Å². The van der Waals surface area contributed by atoms with Gasteiger partial charge >= 0.3 is 0 Å². The van der Waals surface area contributed by atoms with E-state index >= 15 is 0 Å². The Morgan fingerprint density at radius 3 is 2.67 bits per heavy atom. The van der Waals surface area contributed by atoms with Crippen LogP contribution in [0.15, 0.2) is 64.3 Å². The highest BCUT2D eigenvalue weighted by molar-refractivity contribution is 9.10. The van der Waals surface area contributed by atoms with E-state index in [4.69, 9.17) is 10.5 Å². The van der Waals surface area contributed by atoms with Crippen molar-refractivity contribution in [2.45, 2.75) is 6.54 Å². The molecule has 0 aliphatic carbocycles. The normalized spacial score (nSPS) is 11.0. The number of nitrogens with zero attached hydrogens (tertiary/aromatic N) is 2. The highest BCUT2D eigenvalue weighted by atomic mass is 79.9. The molecule has 0 spiro atoms. The average Bonchev–Trinajstić information content (AvgIpc) is 2.98. The summed E-state index contributed by atoms with van der Waals surface area (Å²) in [6.45, 7) is -0.0792. The summed E-state index contributed by atoms with van der Waals surface area (Å²) in [5.74, 6) is -0.223. The van der Waals surface area contributed by atoms with Crippen LogP contribution in [0.3, 0.4) is 0 Å². The predicted molar refractivity (Wildman–Crippen MR) is 107 cm³/mol. The molecule has 0 aliphatic rings. The van der Waals surface area contributed by atoms with Crippen molar-refractivity contribution in [3.8, 4) is 5.75 Å². The number of aromatic nitrogens is 1. The second kappa shape index (κ2) is 8.50. The Morgan fingerprint density at radius 1 is 1.19 bits per heavy atom. The number of amides is 2. The number of carbonyl (C=O) groups excluding carboxylic acids is 2. The van der Waals surface area contributed by atoms with E-state index in [1.165, 1.54) is 6.21 Å². The van der Waals surface area contributed by atoms with Crippen molar-refractivity contribution in [2.75, 3.05) is 6.61 Å². The van der Waals surface area contributed by atoms with Gasteiger partial charge in [0, 0.05) is 27.1 Å². The molecular formula is C19H17BrN4O3. The number of benzene rings is 2. The lowest BCUT2D eigenvalue weighted by Gasteiger charge is -2.04. The maximum absolute atomic E-state index is 11.9. The lowest BCUT2D eigenvalue weighted by Crippen LogP contribution is -2.24. The summed E-state index contributed by atoms with van der Waals surface area (Å²) in [5.41, 5.74) is 9.34. The number of primary amides is 1. The maximum Gasteiger partial charge on any atom is 0.277 e. The fourth-order valence-electron chi connectivity index (χ4n) is 2.56. The SMILES string of the molecule is NC(=O)Cn1cc(C=NNC(=O)COc2ccc(Br)cc2)c2ccccc21. The van der Waals surface area contributed by atoms with Gasteiger partial charge in [-0.25, -0.2) is 5.43 Å². The van der Waals surface area contributed by atoms with Crippen molar-refractivity contribution in [3.63, 3.8) is 0 Å². The Kier molecular flexibility index (Phi) is 5.87. The monoisotopic (exact) mass is 428 g/mol. The number of ether oxygens (including phenoxy) is 1. The Labute approximate surface area is 163 Å². The molecule has 8 heteroatoms. The van der Waals surface area contributed by atoms with Gasteiger partial charge in [0.15, 0.2) is 6.61 Å². The number of para-hydroxylation sites is 1. The minimum atomic E-state index is -0.433. The molecular weight excluding hydrogens is 412 g/mol. The molecule has 138 valence electrons. The molecule has 1 aromatic heterocycles. The van der Waals surface area contributed by atoms with Crippen LogP contribution in [0.1, 0.15) is 5.56 Å². The molecule has 3 rings (SSSR count). The minimum Gasteiger partial charge on any atom is -0.484 e. The molecule has 2 aromatic carbocycles. The standard InChI is InChI=1S/C19H17BrN4O3/c20-14-5-7-15(8-6-14)27-12-19(26)23-22-9-13-10-24(11-18(21)25)17-4-2-1-3-16(13)17/h1-10H,11-12H2,(H2,21,25)(H,23,26). The van der Waals surface area contributed by atoms with E-state index < -0.39 is 5.91 Å². The van der Waals surface area contributed by atoms with Crippen molar-refractivity contribution in [1.82, 2.24) is 9.99 Å². The van der Waals surface area contributed by atoms with Crippen LogP contribution >= 0.6 is 15.9 Å². The number of nitrogens with one attached hydrogen (secondary N) is 1. The third-order valence-corrected chi connectivity index (χ3v) is 4.25. The zero-order chi connectivity index (χ0) is 19.2. The van der Waals surface area contributed by atoms with E-state index in [2.05, 4.69) is 26.5 Å². The summed E-state index contributed by atoms with van der Waals surface area (Å²) in [4.78, 5) is 23.1. The second-order valence-electron chi connectivity index (χ2n) is 5.73. The lowest BCUT2D eigenvalue weighted by atomic mass is 10.2. The van der Waals surface area contributed by atoms with Gasteiger partial charge in [-0.2, -0.15) is 5.10 Å². The number of halogens is 1. The highest BCUT2D eigenvalue weighted by Crippen LogP contribution is 2.20. The van der Waals surface area contributed by atoms with E-state index in [-0.39, 0.29) is 19.1 Å². The average molecular weight is 429 g/mol. The van der Waals surface area contributed by atoms with E-state index in [0.717, 1.165) is 20.9 Å². The number of hydrogen-bond donors (Lipinski definition) is 2. The predicted octanol–water partition coefficient (Wildman–Crippen LogP) is 2.42. The van der Waals surface area contributed by atoms with Gasteiger partial charge in [0.25, 0.3) is 5.91 Å². The molecule has 0 aliphatic heterocycles. The number of nitrogens with two attached hydrogens (primary N) is 1. The molecule has 0 saturated heterocycles. The van der Waals surface area contributed by atoms with Gasteiger partial charge in [-0.15, -0.1) is 0 Å². The van der Waals surface area contributed by atoms with Crippen LogP contribution in [0, 0.1) is 0 Å². The van der Waals surface area contributed by atoms with Crippen LogP contribution < -0.4 is 15.9 Å². The fraction of sp³-hybridized carbons (Fsp3) is 0.105. The molecule has 0 radical (unpaired) electrons. The Hall–Kier alpha value is -3.13. The maximum atomic E-state index is 11.9. The molecule has 0 saturated carbocycles. The number of hydrazone groups is 1. The number of hydrogen-bond acceptors (Lipinski definition) is 4. The summed E-state index contributed by atoms with van der Waals surface area (Å²) < 4.78 is 8.06. The zero-order valence-electron chi connectivity index (χ0n) is 14.3. The molecule has 2 amide bonds. The molecule has 3 N–H and O–H groups in total. The van der Waals surface area contributed by atoms with Gasteiger partial charge < -0.3 is 15.0 Å². The van der Waals surface area contributed by atoms with E-state index in [0.29, 0.717) is 5.75 Å². The van der Waals surface area contributed by atoms with Gasteiger partial charge in [-0.05, 0) is 30.3 Å². The summed E-state index contributed by atoms with van der Waals surface area (Å²) in [6, 6.07) is 14.7. The summed E-state index contributed by atoms with van der Waals surface area (Å²) in [6.07, 6.45) is 3.29. The van der Waals surface area contributed by atoms with Gasteiger partial charge in [0.1, 0.15) is 12.3 Å². The van der Waals surface area contributed by atoms with Crippen LogP contribution in [0.25, 0.3) is 10.9 Å². The molecule has 0 fully saturated rings. The van der Waals surface area contributed by atoms with Crippen LogP contribution in [0.2, 0.25) is 0 Å². The van der Waals surface area contributed by atoms with Gasteiger partial charge in [-0.3, -0.25) is 9.59 Å². The first-order valence-electron chi connectivity index (χ1n) is 8.09. The largest absolute Gasteiger partial charge is 0.484 e. The van der Waals surface area contributed by atoms with Crippen LogP contribution in [0.5, 0.6) is 5.75 Å². The fourth-order valence-corrected chi connectivity index (χ4v) is 2.83. The smallest absolute Gasteiger partial charge is 0.277 e. The van der Waals surface area contributed by atoms with E-state index in [1.807, 2.05) is 36.4 Å². The molecule has 0 atom stereocenters. The van der Waals surface area contributed by atoms with Crippen LogP contribution in [0.4, 0.5) is 0 Å². The van der Waals surface area contributed by atoms with E-state index in [9.17, 15) is 9.59 Å². The third-order valence-electron chi connectivity index (χ3n) is 3.72. The van der Waals surface area contributed by atoms with E-state index in [1.54, 1.807) is 22.9 Å². The van der Waals surface area contributed by atoms with Gasteiger partial charge in [-0.1, -0.05) is 34.1 Å². The first-order chi connectivity index (χ1) is 13.0. The highest BCUT2D eigenvalue weighted by Gasteiger charge is 2.08.